The normalized spacial score (nSPS) is 10.5. The topological polar surface area (TPSA) is 61.8 Å². The van der Waals surface area contributed by atoms with Gasteiger partial charge >= 0.3 is 58.2 Å². The van der Waals surface area contributed by atoms with Gasteiger partial charge in [0.05, 0.1) is 0 Å². The van der Waals surface area contributed by atoms with E-state index in [1.54, 1.807) is 0 Å². The van der Waals surface area contributed by atoms with Gasteiger partial charge in [-0.1, -0.05) is 40.0 Å². The van der Waals surface area contributed by atoms with Crippen LogP contribution >= 0.6 is 0 Å². The molecule has 0 bridgehead atoms. The maximum atomic E-state index is 6.77. The van der Waals surface area contributed by atoms with Crippen LogP contribution in [0.15, 0.2) is 0 Å². The van der Waals surface area contributed by atoms with Gasteiger partial charge < -0.3 is 16.5 Å². The molecule has 1 atom stereocenters. The number of hydrogen-bond donors (Lipinski definition) is 1. The Kier molecular flexibility index (Phi) is 23.9. The van der Waals surface area contributed by atoms with Gasteiger partial charge in [0.15, 0.2) is 0 Å². The van der Waals surface area contributed by atoms with Gasteiger partial charge in [-0.25, -0.2) is 0 Å². The van der Waals surface area contributed by atoms with E-state index in [-0.39, 0.29) is 69.9 Å². The van der Waals surface area contributed by atoms with Crippen molar-refractivity contribution in [1.82, 2.24) is 0 Å². The Morgan fingerprint density at radius 1 is 1.31 bits per heavy atom. The molecule has 0 aromatic rings. The SMILES string of the molecule is CCC(C)C(=N)[NH-].CC[N-]CC.[Rb+]. The second-order valence-corrected chi connectivity index (χ2v) is 2.58. The van der Waals surface area contributed by atoms with Crippen molar-refractivity contribution in [2.45, 2.75) is 34.1 Å². The third kappa shape index (κ3) is 19.6. The second-order valence-electron chi connectivity index (χ2n) is 2.58. The quantitative estimate of drug-likeness (QED) is 0.561. The monoisotopic (exact) mass is 256 g/mol. The summed E-state index contributed by atoms with van der Waals surface area (Å²) in [5.41, 5.74) is 6.77. The summed E-state index contributed by atoms with van der Waals surface area (Å²) in [6, 6.07) is 0. The first-order chi connectivity index (χ1) is 5.59. The fourth-order valence-corrected chi connectivity index (χ4v) is 0.428. The van der Waals surface area contributed by atoms with Crippen molar-refractivity contribution in [1.29, 1.82) is 5.41 Å². The molecule has 3 nitrogen and oxygen atoms in total. The van der Waals surface area contributed by atoms with E-state index in [4.69, 9.17) is 11.1 Å². The molecule has 74 valence electrons. The van der Waals surface area contributed by atoms with Crippen molar-refractivity contribution in [3.05, 3.63) is 11.1 Å². The Labute approximate surface area is 132 Å². The maximum absolute atomic E-state index is 6.77. The summed E-state index contributed by atoms with van der Waals surface area (Å²) < 4.78 is 0. The molecule has 0 aromatic heterocycles. The molecule has 0 aliphatic carbocycles. The summed E-state index contributed by atoms with van der Waals surface area (Å²) in [4.78, 5) is 0. The van der Waals surface area contributed by atoms with Crippen molar-refractivity contribution >= 4 is 5.84 Å². The molecule has 0 heterocycles. The minimum atomic E-state index is 0. The summed E-state index contributed by atoms with van der Waals surface area (Å²) in [5, 5.41) is 10.7. The van der Waals surface area contributed by atoms with Crippen LogP contribution in [0.4, 0.5) is 0 Å². The first-order valence-corrected chi connectivity index (χ1v) is 4.53. The second kappa shape index (κ2) is 15.7. The van der Waals surface area contributed by atoms with Crippen LogP contribution in [0.3, 0.4) is 0 Å². The van der Waals surface area contributed by atoms with Crippen LogP contribution in [0, 0.1) is 11.3 Å². The third-order valence-corrected chi connectivity index (χ3v) is 1.55. The molecule has 13 heavy (non-hydrogen) atoms. The van der Waals surface area contributed by atoms with Crippen LogP contribution in [-0.2, 0) is 0 Å². The largest absolute Gasteiger partial charge is 1.00 e. The molecule has 2 N–H and O–H groups in total. The van der Waals surface area contributed by atoms with Crippen molar-refractivity contribution in [3.63, 3.8) is 0 Å². The Bertz CT molecular complexity index is 105. The van der Waals surface area contributed by atoms with Gasteiger partial charge in [0.1, 0.15) is 0 Å². The molecule has 0 fully saturated rings. The number of rotatable bonds is 4. The number of hydrogen-bond acceptors (Lipinski definition) is 1. The van der Waals surface area contributed by atoms with Gasteiger partial charge in [-0.05, 0) is 5.92 Å². The van der Waals surface area contributed by atoms with Gasteiger partial charge in [-0.3, -0.25) is 0 Å². The predicted molar refractivity (Wildman–Crippen MR) is 55.9 cm³/mol. The number of amidine groups is 1. The van der Waals surface area contributed by atoms with Gasteiger partial charge in [-0.2, -0.15) is 13.1 Å². The standard InChI is InChI=1S/C5H11N2.C4H10N.Rb/c1-3-4(2)5(6)7;1-3-5-4-2;/h4H,3H2,1-2H3,(H2-,6,7);3-4H2,1-2H3;/q2*-1;+1. The van der Waals surface area contributed by atoms with Crippen molar-refractivity contribution in [3.8, 4) is 0 Å². The van der Waals surface area contributed by atoms with Gasteiger partial charge in [0.25, 0.3) is 0 Å². The summed E-state index contributed by atoms with van der Waals surface area (Å²) in [5.74, 6) is 0.197. The minimum Gasteiger partial charge on any atom is -0.663 e. The van der Waals surface area contributed by atoms with Crippen molar-refractivity contribution in [2.75, 3.05) is 13.1 Å². The van der Waals surface area contributed by atoms with Crippen molar-refractivity contribution in [2.24, 2.45) is 5.92 Å². The Morgan fingerprint density at radius 3 is 1.69 bits per heavy atom. The van der Waals surface area contributed by atoms with E-state index in [1.807, 2.05) is 27.7 Å². The van der Waals surface area contributed by atoms with Gasteiger partial charge in [-0.15, -0.1) is 0 Å². The zero-order valence-electron chi connectivity index (χ0n) is 9.65. The van der Waals surface area contributed by atoms with Crippen LogP contribution in [-0.4, -0.2) is 18.9 Å². The third-order valence-electron chi connectivity index (χ3n) is 1.55. The molecule has 0 aliphatic heterocycles. The Hall–Kier alpha value is 1.24. The van der Waals surface area contributed by atoms with E-state index in [0.29, 0.717) is 0 Å². The summed E-state index contributed by atoms with van der Waals surface area (Å²) in [6.07, 6.45) is 0.905. The molecule has 0 saturated heterocycles. The van der Waals surface area contributed by atoms with E-state index in [2.05, 4.69) is 5.32 Å². The molecule has 4 heteroatoms. The molecular formula is C9H21N3Rb-. The fourth-order valence-electron chi connectivity index (χ4n) is 0.428. The number of nitrogens with zero attached hydrogens (tertiary/aromatic N) is 1. The van der Waals surface area contributed by atoms with Crippen LogP contribution in [0.25, 0.3) is 11.1 Å². The molecule has 0 amide bonds. The van der Waals surface area contributed by atoms with E-state index in [9.17, 15) is 0 Å². The predicted octanol–water partition coefficient (Wildman–Crippen LogP) is 0.466. The summed E-state index contributed by atoms with van der Waals surface area (Å²) >= 11 is 0. The van der Waals surface area contributed by atoms with Gasteiger partial charge in [0, 0.05) is 0 Å². The maximum Gasteiger partial charge on any atom is 1.00 e. The fraction of sp³-hybridized carbons (Fsp3) is 0.889. The zero-order valence-corrected chi connectivity index (χ0v) is 14.6. The summed E-state index contributed by atoms with van der Waals surface area (Å²) in [7, 11) is 0. The zero-order chi connectivity index (χ0) is 9.98. The molecule has 0 aromatic carbocycles. The minimum absolute atomic E-state index is 0. The molecule has 0 spiro atoms. The van der Waals surface area contributed by atoms with E-state index in [1.165, 1.54) is 0 Å². The molecule has 0 saturated carbocycles. The van der Waals surface area contributed by atoms with Crippen LogP contribution < -0.4 is 58.2 Å². The smallest absolute Gasteiger partial charge is 0.663 e. The average molecular weight is 257 g/mol. The summed E-state index contributed by atoms with van der Waals surface area (Å²) in [6.45, 7) is 9.89. The molecule has 0 rings (SSSR count). The van der Waals surface area contributed by atoms with Crippen LogP contribution in [0.2, 0.25) is 0 Å². The Balaban J connectivity index is -0.000000150. The molecular weight excluding hydrogens is 236 g/mol. The Morgan fingerprint density at radius 2 is 1.69 bits per heavy atom. The number of nitrogens with one attached hydrogen (secondary N) is 2. The molecule has 0 aliphatic rings. The van der Waals surface area contributed by atoms with Crippen LogP contribution in [0.5, 0.6) is 0 Å². The van der Waals surface area contributed by atoms with Crippen LogP contribution in [0.1, 0.15) is 34.1 Å². The van der Waals surface area contributed by atoms with E-state index < -0.39 is 0 Å². The first kappa shape index (κ1) is 19.8. The molecule has 1 unspecified atom stereocenters. The van der Waals surface area contributed by atoms with E-state index >= 15 is 0 Å². The molecule has 0 radical (unpaired) electrons. The van der Waals surface area contributed by atoms with Crippen molar-refractivity contribution < 1.29 is 58.2 Å². The van der Waals surface area contributed by atoms with E-state index in [0.717, 1.165) is 19.5 Å². The average Bonchev–Trinajstić information content (AvgIpc) is 2.05. The van der Waals surface area contributed by atoms with Gasteiger partial charge in [0.2, 0.25) is 0 Å². The first-order valence-electron chi connectivity index (χ1n) is 4.53.